The van der Waals surface area contributed by atoms with E-state index in [2.05, 4.69) is 96.2 Å². The lowest BCUT2D eigenvalue weighted by Crippen LogP contribution is -1.98. The van der Waals surface area contributed by atoms with Crippen LogP contribution in [0, 0.1) is 0 Å². The maximum absolute atomic E-state index is 4.28. The highest BCUT2D eigenvalue weighted by molar-refractivity contribution is 7.17. The number of aromatic amines is 1. The van der Waals surface area contributed by atoms with Gasteiger partial charge in [-0.05, 0) is 92.4 Å². The van der Waals surface area contributed by atoms with Gasteiger partial charge in [0.2, 0.25) is 0 Å². The van der Waals surface area contributed by atoms with Crippen LogP contribution in [0.1, 0.15) is 23.4 Å². The fourth-order valence-electron chi connectivity index (χ4n) is 5.55. The smallest absolute Gasteiger partial charge is 0.170 e. The van der Waals surface area contributed by atoms with Gasteiger partial charge >= 0.3 is 0 Å². The zero-order valence-corrected chi connectivity index (χ0v) is 47.0. The highest BCUT2D eigenvalue weighted by Crippen LogP contribution is 2.23. The zero-order valence-electron chi connectivity index (χ0n) is 41.3. The first-order valence-electron chi connectivity index (χ1n) is 23.1. The van der Waals surface area contributed by atoms with E-state index in [4.69, 9.17) is 0 Å². The van der Waals surface area contributed by atoms with Gasteiger partial charge in [0.15, 0.2) is 5.65 Å². The highest BCUT2D eigenvalue weighted by atomic mass is 32.1. The Hall–Kier alpha value is -8.43. The molecule has 14 aromatic heterocycles. The van der Waals surface area contributed by atoms with Crippen molar-refractivity contribution in [2.45, 2.75) is 25.7 Å². The Morgan fingerprint density at radius 1 is 0.372 bits per heavy atom. The van der Waals surface area contributed by atoms with E-state index in [1.165, 1.54) is 58.6 Å². The van der Waals surface area contributed by atoms with Crippen LogP contribution in [0.2, 0.25) is 0 Å². The van der Waals surface area contributed by atoms with Gasteiger partial charge in [-0.2, -0.15) is 5.10 Å². The summed E-state index contributed by atoms with van der Waals surface area (Å²) in [6.45, 7) is 0. The highest BCUT2D eigenvalue weighted by Gasteiger charge is 2.10. The molecule has 0 aliphatic heterocycles. The Morgan fingerprint density at radius 2 is 1.03 bits per heavy atom. The standard InChI is InChI=1S/C7H9NS.C7H5NS.3C6H4N2S.C5H5N.2C4H4N2.C3H4N2.C3H3NS.C2H2N2S/c2*1-2-4-7-6(3-1)8-5-9-7;1-2-7-3-6-5(1)8-4-9-6;1-2-5-6(7-3-1)8-4-9-5;1-2-5-6(7-3-1)9-4-8-5;1-2-4-6-5-3-1;1-2-6-4-3-5-1;1-2-5-4-6-3-1;1-2-4-5-3-1;1-2-5-3-4-1;1-3-4-2-5-1/h5H,1-4H2;1-5H;3*1-4H;1-5H;2*1-4H;1-3H,(H,4,5);1-3H;1-2H. The SMILES string of the molecule is c1cc2ncsc2cn1.c1ccc2scnc2c1.c1ccncc1.c1cn[nH]c1.c1cnc2ncsc2c1.c1cnc2scnc2c1.c1cnccn1.c1cncnc1.c1cscn1.c1nc2c(s1)CCCC2.c1nncs1. The second-order valence-corrected chi connectivity index (χ2v) is 20.0. The fraction of sp³-hybridized carbons (Fsp3) is 0.0755. The van der Waals surface area contributed by atoms with Crippen molar-refractivity contribution in [2.75, 3.05) is 0 Å². The summed E-state index contributed by atoms with van der Waals surface area (Å²) < 4.78 is 3.56. The van der Waals surface area contributed by atoms with E-state index in [1.807, 2.05) is 112 Å². The third kappa shape index (κ3) is 24.9. The van der Waals surface area contributed by atoms with Crippen LogP contribution in [-0.2, 0) is 12.8 Å². The van der Waals surface area contributed by atoms with E-state index < -0.39 is 0 Å². The maximum atomic E-state index is 4.28. The summed E-state index contributed by atoms with van der Waals surface area (Å²) in [6.07, 6.45) is 32.5. The van der Waals surface area contributed by atoms with E-state index in [1.54, 1.807) is 177 Å². The first-order chi connectivity index (χ1) is 38.8. The molecule has 1 N–H and O–H groups in total. The van der Waals surface area contributed by atoms with Crippen LogP contribution in [0.4, 0.5) is 0 Å². The molecule has 16 rings (SSSR count). The normalized spacial score (nSPS) is 10.1. The number of H-pyrrole nitrogens is 1. The summed E-state index contributed by atoms with van der Waals surface area (Å²) in [4.78, 5) is 57.6. The van der Waals surface area contributed by atoms with Crippen molar-refractivity contribution in [1.82, 2.24) is 90.2 Å². The lowest BCUT2D eigenvalue weighted by molar-refractivity contribution is 0.682. The van der Waals surface area contributed by atoms with Crippen LogP contribution < -0.4 is 0 Å². The molecule has 78 heavy (non-hydrogen) atoms. The van der Waals surface area contributed by atoms with Crippen molar-refractivity contribution in [3.63, 3.8) is 0 Å². The van der Waals surface area contributed by atoms with Gasteiger partial charge < -0.3 is 0 Å². The molecule has 1 aliphatic carbocycles. The Labute approximate surface area is 477 Å². The molecule has 0 atom stereocenters. The van der Waals surface area contributed by atoms with Gasteiger partial charge in [-0.1, -0.05) is 18.2 Å². The average molecular weight is 1160 g/mol. The monoisotopic (exact) mass is 1160 g/mol. The van der Waals surface area contributed by atoms with Crippen LogP contribution >= 0.6 is 79.4 Å². The minimum absolute atomic E-state index is 0.850. The number of aromatic nitrogens is 18. The van der Waals surface area contributed by atoms with Gasteiger partial charge in [0.25, 0.3) is 0 Å². The molecule has 0 fully saturated rings. The minimum Gasteiger partial charge on any atom is -0.286 e. The lowest BCUT2D eigenvalue weighted by Gasteiger charge is -2.06. The molecule has 0 saturated carbocycles. The molecule has 14 heterocycles. The number of pyridine rings is 4. The third-order valence-corrected chi connectivity index (χ3v) is 13.9. The van der Waals surface area contributed by atoms with E-state index >= 15 is 0 Å². The van der Waals surface area contributed by atoms with Gasteiger partial charge in [-0.3, -0.25) is 30.0 Å². The number of para-hydroxylation sites is 1. The average Bonchev–Trinajstić information content (AvgIpc) is 4.39. The summed E-state index contributed by atoms with van der Waals surface area (Å²) in [6, 6.07) is 27.1. The Balaban J connectivity index is 0.000000140. The van der Waals surface area contributed by atoms with E-state index in [0.29, 0.717) is 0 Å². The predicted molar refractivity (Wildman–Crippen MR) is 320 cm³/mol. The maximum Gasteiger partial charge on any atom is 0.170 e. The summed E-state index contributed by atoms with van der Waals surface area (Å²) in [5.74, 6) is 0. The van der Waals surface area contributed by atoms with E-state index in [-0.39, 0.29) is 0 Å². The molecule has 392 valence electrons. The quantitative estimate of drug-likeness (QED) is 0.149. The summed E-state index contributed by atoms with van der Waals surface area (Å²) in [7, 11) is 0. The van der Waals surface area contributed by atoms with Crippen LogP contribution in [-0.4, -0.2) is 90.2 Å². The number of hydrogen-bond donors (Lipinski definition) is 1. The minimum atomic E-state index is 0.850. The number of nitrogens with zero attached hydrogens (tertiary/aromatic N) is 17. The van der Waals surface area contributed by atoms with Gasteiger partial charge in [0, 0.05) is 103 Å². The van der Waals surface area contributed by atoms with Gasteiger partial charge in [-0.25, -0.2) is 44.9 Å². The van der Waals surface area contributed by atoms with E-state index in [0.717, 1.165) is 36.4 Å². The number of fused-ring (bicyclic) bond motifs is 5. The molecule has 0 radical (unpaired) electrons. The Morgan fingerprint density at radius 3 is 1.59 bits per heavy atom. The first kappa shape index (κ1) is 58.8. The molecule has 25 heteroatoms. The van der Waals surface area contributed by atoms with Crippen molar-refractivity contribution in [3.05, 3.63) is 244 Å². The van der Waals surface area contributed by atoms with Crippen LogP contribution in [0.25, 0.3) is 41.1 Å². The van der Waals surface area contributed by atoms with Gasteiger partial charge in [-0.15, -0.1) is 89.6 Å². The Kier molecular flexibility index (Phi) is 29.4. The van der Waals surface area contributed by atoms with Crippen molar-refractivity contribution in [3.8, 4) is 0 Å². The van der Waals surface area contributed by atoms with Crippen LogP contribution in [0.15, 0.2) is 234 Å². The molecule has 18 nitrogen and oxygen atoms in total. The predicted octanol–water partition coefficient (Wildman–Crippen LogP) is 13.5. The zero-order chi connectivity index (χ0) is 53.9. The fourth-order valence-corrected chi connectivity index (χ4v) is 9.62. The summed E-state index contributed by atoms with van der Waals surface area (Å²) in [5, 5.41) is 15.1. The molecule has 0 amide bonds. The molecule has 15 aromatic rings. The van der Waals surface area contributed by atoms with Crippen molar-refractivity contribution in [2.24, 2.45) is 0 Å². The summed E-state index contributed by atoms with van der Waals surface area (Å²) in [5.41, 5.74) is 19.8. The van der Waals surface area contributed by atoms with Crippen LogP contribution in [0.3, 0.4) is 0 Å². The van der Waals surface area contributed by atoms with Crippen LogP contribution in [0.5, 0.6) is 0 Å². The van der Waals surface area contributed by atoms with Gasteiger partial charge in [0.05, 0.1) is 69.4 Å². The van der Waals surface area contributed by atoms with E-state index in [9.17, 15) is 0 Å². The molecular formula is C53H48N18S7. The van der Waals surface area contributed by atoms with Crippen molar-refractivity contribution in [1.29, 1.82) is 0 Å². The number of nitrogens with one attached hydrogen (secondary N) is 1. The number of hydrogen-bond acceptors (Lipinski definition) is 24. The topological polar surface area (TPSA) is 235 Å². The molecule has 1 aromatic carbocycles. The second kappa shape index (κ2) is 39.0. The molecule has 0 unspecified atom stereocenters. The largest absolute Gasteiger partial charge is 0.286 e. The molecule has 0 spiro atoms. The Bertz CT molecular complexity index is 2970. The number of aryl methyl sites for hydroxylation is 2. The van der Waals surface area contributed by atoms with Crippen molar-refractivity contribution < 1.29 is 0 Å². The molecule has 0 bridgehead atoms. The van der Waals surface area contributed by atoms with Gasteiger partial charge in [0.1, 0.15) is 22.2 Å². The number of thiazole rings is 6. The third-order valence-electron chi connectivity index (χ3n) is 8.93. The molecular weight excluding hydrogens is 1110 g/mol. The first-order valence-corrected chi connectivity index (χ1v) is 29.4. The second-order valence-electron chi connectivity index (χ2n) is 14.1. The molecule has 0 saturated heterocycles. The molecule has 1 aliphatic rings. The van der Waals surface area contributed by atoms with Crippen molar-refractivity contribution >= 4 is 120 Å². The number of rotatable bonds is 0. The number of benzene rings is 1. The summed E-state index contributed by atoms with van der Waals surface area (Å²) >= 11 is 11.4. The lowest BCUT2D eigenvalue weighted by atomic mass is 10.0.